The van der Waals surface area contributed by atoms with Crippen LogP contribution in [0, 0.1) is 0 Å². The third-order valence-electron chi connectivity index (χ3n) is 2.59. The summed E-state index contributed by atoms with van der Waals surface area (Å²) in [7, 11) is 0. The topological polar surface area (TPSA) is 9.23 Å². The standard InChI is InChI=1S/C12H14O/c1-9-8-10-6-4-5-7-11(10)13-12(9,2)3/h4-7H,1,8H2,2-3H3. The van der Waals surface area contributed by atoms with Crippen molar-refractivity contribution >= 4 is 0 Å². The first kappa shape index (κ1) is 8.36. The average molecular weight is 174 g/mol. The van der Waals surface area contributed by atoms with Gasteiger partial charge in [-0.25, -0.2) is 0 Å². The monoisotopic (exact) mass is 174 g/mol. The molecular formula is C12H14O. The first-order chi connectivity index (χ1) is 6.09. The lowest BCUT2D eigenvalue weighted by Crippen LogP contribution is -2.34. The summed E-state index contributed by atoms with van der Waals surface area (Å²) in [4.78, 5) is 0. The fraction of sp³-hybridized carbons (Fsp3) is 0.333. The molecule has 68 valence electrons. The highest BCUT2D eigenvalue weighted by molar-refractivity contribution is 5.41. The Balaban J connectivity index is 2.44. The van der Waals surface area contributed by atoms with E-state index in [1.54, 1.807) is 0 Å². The van der Waals surface area contributed by atoms with Gasteiger partial charge in [-0.1, -0.05) is 24.8 Å². The fourth-order valence-electron chi connectivity index (χ4n) is 1.54. The molecule has 0 fully saturated rings. The lowest BCUT2D eigenvalue weighted by atomic mass is 9.90. The van der Waals surface area contributed by atoms with E-state index in [-0.39, 0.29) is 5.60 Å². The molecule has 0 aliphatic carbocycles. The SMILES string of the molecule is C=C1Cc2ccccc2OC1(C)C. The number of rotatable bonds is 0. The van der Waals surface area contributed by atoms with E-state index in [9.17, 15) is 0 Å². The summed E-state index contributed by atoms with van der Waals surface area (Å²) < 4.78 is 5.83. The van der Waals surface area contributed by atoms with Gasteiger partial charge in [0.05, 0.1) is 0 Å². The molecule has 0 aromatic heterocycles. The van der Waals surface area contributed by atoms with Crippen LogP contribution in [-0.2, 0) is 6.42 Å². The molecule has 1 nitrogen and oxygen atoms in total. The molecule has 0 bridgehead atoms. The maximum Gasteiger partial charge on any atom is 0.124 e. The number of ether oxygens (including phenoxy) is 1. The Kier molecular flexibility index (Phi) is 1.69. The van der Waals surface area contributed by atoms with Crippen molar-refractivity contribution < 1.29 is 4.74 Å². The van der Waals surface area contributed by atoms with Crippen LogP contribution >= 0.6 is 0 Å². The van der Waals surface area contributed by atoms with E-state index in [4.69, 9.17) is 4.74 Å². The number of fused-ring (bicyclic) bond motifs is 1. The van der Waals surface area contributed by atoms with Crippen LogP contribution in [0.3, 0.4) is 0 Å². The molecule has 1 aliphatic rings. The second-order valence-corrected chi connectivity index (χ2v) is 4.00. The molecule has 2 rings (SSSR count). The quantitative estimate of drug-likeness (QED) is 0.549. The summed E-state index contributed by atoms with van der Waals surface area (Å²) in [6.07, 6.45) is 0.934. The Morgan fingerprint density at radius 1 is 1.31 bits per heavy atom. The summed E-state index contributed by atoms with van der Waals surface area (Å²) in [5, 5.41) is 0. The molecular weight excluding hydrogens is 160 g/mol. The normalized spacial score (nSPS) is 19.1. The molecule has 0 amide bonds. The summed E-state index contributed by atoms with van der Waals surface area (Å²) >= 11 is 0. The van der Waals surface area contributed by atoms with Crippen LogP contribution < -0.4 is 4.74 Å². The zero-order valence-corrected chi connectivity index (χ0v) is 8.13. The van der Waals surface area contributed by atoms with Gasteiger partial charge in [0, 0.05) is 6.42 Å². The largest absolute Gasteiger partial charge is 0.483 e. The van der Waals surface area contributed by atoms with Gasteiger partial charge in [-0.2, -0.15) is 0 Å². The Bertz CT molecular complexity index is 350. The van der Waals surface area contributed by atoms with Crippen LogP contribution in [0.2, 0.25) is 0 Å². The van der Waals surface area contributed by atoms with Crippen LogP contribution in [0.1, 0.15) is 19.4 Å². The van der Waals surface area contributed by atoms with Gasteiger partial charge in [0.1, 0.15) is 11.4 Å². The maximum absolute atomic E-state index is 5.83. The van der Waals surface area contributed by atoms with Gasteiger partial charge < -0.3 is 4.74 Å². The number of hydrogen-bond acceptors (Lipinski definition) is 1. The zero-order valence-electron chi connectivity index (χ0n) is 8.13. The Morgan fingerprint density at radius 2 is 2.00 bits per heavy atom. The summed E-state index contributed by atoms with van der Waals surface area (Å²) in [6.45, 7) is 8.16. The molecule has 0 saturated carbocycles. The van der Waals surface area contributed by atoms with Crippen LogP contribution in [0.5, 0.6) is 5.75 Å². The van der Waals surface area contributed by atoms with Gasteiger partial charge in [-0.05, 0) is 31.1 Å². The fourth-order valence-corrected chi connectivity index (χ4v) is 1.54. The minimum Gasteiger partial charge on any atom is -0.483 e. The highest BCUT2D eigenvalue weighted by Crippen LogP contribution is 2.35. The third-order valence-corrected chi connectivity index (χ3v) is 2.59. The first-order valence-electron chi connectivity index (χ1n) is 4.55. The third kappa shape index (κ3) is 1.35. The van der Waals surface area contributed by atoms with Gasteiger partial charge >= 0.3 is 0 Å². The molecule has 0 radical (unpaired) electrons. The Hall–Kier alpha value is -1.24. The predicted octanol–water partition coefficient (Wildman–Crippen LogP) is 2.96. The van der Waals surface area contributed by atoms with Gasteiger partial charge in [0.15, 0.2) is 0 Å². The summed E-state index contributed by atoms with van der Waals surface area (Å²) in [6, 6.07) is 8.15. The lowest BCUT2D eigenvalue weighted by molar-refractivity contribution is 0.134. The number of benzene rings is 1. The molecule has 0 N–H and O–H groups in total. The van der Waals surface area contributed by atoms with Gasteiger partial charge in [-0.15, -0.1) is 0 Å². The van der Waals surface area contributed by atoms with E-state index in [0.29, 0.717) is 0 Å². The van der Waals surface area contributed by atoms with E-state index < -0.39 is 0 Å². The van der Waals surface area contributed by atoms with Crippen molar-refractivity contribution in [3.63, 3.8) is 0 Å². The Labute approximate surface area is 79.0 Å². The highest BCUT2D eigenvalue weighted by atomic mass is 16.5. The average Bonchev–Trinajstić information content (AvgIpc) is 2.06. The molecule has 0 unspecified atom stereocenters. The van der Waals surface area contributed by atoms with Crippen molar-refractivity contribution in [2.45, 2.75) is 25.9 Å². The Morgan fingerprint density at radius 3 is 2.77 bits per heavy atom. The van der Waals surface area contributed by atoms with Crippen molar-refractivity contribution in [2.75, 3.05) is 0 Å². The van der Waals surface area contributed by atoms with Gasteiger partial charge in [-0.3, -0.25) is 0 Å². The van der Waals surface area contributed by atoms with E-state index in [0.717, 1.165) is 17.7 Å². The van der Waals surface area contributed by atoms with Crippen molar-refractivity contribution in [1.82, 2.24) is 0 Å². The second-order valence-electron chi connectivity index (χ2n) is 4.00. The van der Waals surface area contributed by atoms with Gasteiger partial charge in [0.2, 0.25) is 0 Å². The molecule has 1 aromatic carbocycles. The minimum atomic E-state index is -0.214. The smallest absolute Gasteiger partial charge is 0.124 e. The minimum absolute atomic E-state index is 0.214. The van der Waals surface area contributed by atoms with Crippen molar-refractivity contribution in [3.8, 4) is 5.75 Å². The first-order valence-corrected chi connectivity index (χ1v) is 4.55. The highest BCUT2D eigenvalue weighted by Gasteiger charge is 2.29. The van der Waals surface area contributed by atoms with E-state index in [1.807, 2.05) is 18.2 Å². The van der Waals surface area contributed by atoms with Crippen molar-refractivity contribution in [2.24, 2.45) is 0 Å². The molecule has 1 heteroatoms. The maximum atomic E-state index is 5.83. The molecule has 0 saturated heterocycles. The summed E-state index contributed by atoms with van der Waals surface area (Å²) in [5.74, 6) is 1.000. The van der Waals surface area contributed by atoms with Crippen LogP contribution in [-0.4, -0.2) is 5.60 Å². The lowest BCUT2D eigenvalue weighted by Gasteiger charge is -2.34. The van der Waals surface area contributed by atoms with E-state index in [1.165, 1.54) is 5.56 Å². The van der Waals surface area contributed by atoms with E-state index >= 15 is 0 Å². The summed E-state index contributed by atoms with van der Waals surface area (Å²) in [5.41, 5.74) is 2.17. The van der Waals surface area contributed by atoms with Crippen LogP contribution in [0.15, 0.2) is 36.4 Å². The molecule has 1 aliphatic heterocycles. The zero-order chi connectivity index (χ0) is 9.47. The van der Waals surface area contributed by atoms with E-state index in [2.05, 4.69) is 26.5 Å². The molecule has 1 aromatic rings. The van der Waals surface area contributed by atoms with Crippen LogP contribution in [0.25, 0.3) is 0 Å². The van der Waals surface area contributed by atoms with Crippen molar-refractivity contribution in [3.05, 3.63) is 42.0 Å². The molecule has 13 heavy (non-hydrogen) atoms. The number of para-hydroxylation sites is 1. The van der Waals surface area contributed by atoms with Gasteiger partial charge in [0.25, 0.3) is 0 Å². The number of hydrogen-bond donors (Lipinski definition) is 0. The molecule has 0 spiro atoms. The van der Waals surface area contributed by atoms with Crippen LogP contribution in [0.4, 0.5) is 0 Å². The molecule has 0 atom stereocenters. The molecule has 1 heterocycles. The predicted molar refractivity (Wildman–Crippen MR) is 54.0 cm³/mol. The second kappa shape index (κ2) is 2.63. The van der Waals surface area contributed by atoms with Crippen molar-refractivity contribution in [1.29, 1.82) is 0 Å².